The predicted molar refractivity (Wildman–Crippen MR) is 74.7 cm³/mol. The van der Waals surface area contributed by atoms with E-state index in [0.29, 0.717) is 6.10 Å². The van der Waals surface area contributed by atoms with Crippen molar-refractivity contribution in [2.45, 2.75) is 45.8 Å². The van der Waals surface area contributed by atoms with Gasteiger partial charge in [-0.25, -0.2) is 0 Å². The van der Waals surface area contributed by atoms with Crippen LogP contribution < -0.4 is 5.73 Å². The van der Waals surface area contributed by atoms with E-state index in [1.165, 1.54) is 0 Å². The van der Waals surface area contributed by atoms with E-state index in [2.05, 4.69) is 25.8 Å². The molecule has 108 valence electrons. The van der Waals surface area contributed by atoms with Crippen molar-refractivity contribution in [2.24, 2.45) is 11.1 Å². The fourth-order valence-corrected chi connectivity index (χ4v) is 2.70. The van der Waals surface area contributed by atoms with E-state index in [1.807, 2.05) is 13.8 Å². The van der Waals surface area contributed by atoms with Gasteiger partial charge in [0.05, 0.1) is 12.7 Å². The summed E-state index contributed by atoms with van der Waals surface area (Å²) in [6, 6.07) is 0. The van der Waals surface area contributed by atoms with Gasteiger partial charge in [-0.05, 0) is 27.3 Å². The van der Waals surface area contributed by atoms with Crippen LogP contribution in [0.2, 0.25) is 0 Å². The normalized spacial score (nSPS) is 30.5. The van der Waals surface area contributed by atoms with E-state index in [1.54, 1.807) is 0 Å². The lowest BCUT2D eigenvalue weighted by Crippen LogP contribution is -2.73. The van der Waals surface area contributed by atoms with Gasteiger partial charge in [0.1, 0.15) is 0 Å². The molecule has 4 heteroatoms. The maximum atomic E-state index is 6.54. The molecule has 0 radical (unpaired) electrons. The first-order chi connectivity index (χ1) is 8.37. The molecule has 0 heterocycles. The Labute approximate surface area is 112 Å². The van der Waals surface area contributed by atoms with E-state index >= 15 is 0 Å². The number of nitrogens with zero attached hydrogens (tertiary/aromatic N) is 1. The summed E-state index contributed by atoms with van der Waals surface area (Å²) in [7, 11) is 2.11. The fraction of sp³-hybridized carbons (Fsp3) is 1.00. The minimum atomic E-state index is -0.145. The summed E-state index contributed by atoms with van der Waals surface area (Å²) in [6.45, 7) is 12.6. The van der Waals surface area contributed by atoms with Crippen molar-refractivity contribution in [1.82, 2.24) is 4.90 Å². The molecule has 0 aromatic heterocycles. The van der Waals surface area contributed by atoms with Gasteiger partial charge in [-0.2, -0.15) is 0 Å². The zero-order valence-corrected chi connectivity index (χ0v) is 12.7. The highest BCUT2D eigenvalue weighted by Gasteiger charge is 2.58. The first-order valence-electron chi connectivity index (χ1n) is 7.04. The average Bonchev–Trinajstić information content (AvgIpc) is 2.29. The molecular formula is C14H30N2O2. The molecule has 1 fully saturated rings. The molecule has 0 saturated heterocycles. The quantitative estimate of drug-likeness (QED) is 0.670. The largest absolute Gasteiger partial charge is 0.380 e. The summed E-state index contributed by atoms with van der Waals surface area (Å²) in [6.07, 6.45) is 1.25. The minimum absolute atomic E-state index is 0.0445. The van der Waals surface area contributed by atoms with Gasteiger partial charge in [0.15, 0.2) is 0 Å². The lowest BCUT2D eigenvalue weighted by molar-refractivity contribution is -0.155. The second-order valence-electron chi connectivity index (χ2n) is 5.96. The summed E-state index contributed by atoms with van der Waals surface area (Å²) in [5.41, 5.74) is 6.44. The monoisotopic (exact) mass is 258 g/mol. The molecule has 0 amide bonds. The van der Waals surface area contributed by atoms with Gasteiger partial charge in [-0.15, -0.1) is 0 Å². The Hall–Kier alpha value is -0.160. The summed E-state index contributed by atoms with van der Waals surface area (Å²) >= 11 is 0. The van der Waals surface area contributed by atoms with Crippen molar-refractivity contribution >= 4 is 0 Å². The zero-order valence-electron chi connectivity index (χ0n) is 12.7. The summed E-state index contributed by atoms with van der Waals surface area (Å²) < 4.78 is 11.1. The first kappa shape index (κ1) is 15.9. The van der Waals surface area contributed by atoms with Crippen LogP contribution in [0.15, 0.2) is 0 Å². The number of likely N-dealkylation sites (N-methyl/N-ethyl adjacent to an activating group) is 1. The lowest BCUT2D eigenvalue weighted by atomic mass is 9.54. The third kappa shape index (κ3) is 3.23. The SMILES string of the molecule is CCOCCN(C)CC1(N)CC(OCC)C1(C)C. The van der Waals surface area contributed by atoms with Crippen molar-refractivity contribution in [3.05, 3.63) is 0 Å². The lowest BCUT2D eigenvalue weighted by Gasteiger charge is -2.60. The van der Waals surface area contributed by atoms with Gasteiger partial charge in [0.25, 0.3) is 0 Å². The fourth-order valence-electron chi connectivity index (χ4n) is 2.70. The van der Waals surface area contributed by atoms with E-state index in [-0.39, 0.29) is 11.0 Å². The summed E-state index contributed by atoms with van der Waals surface area (Å²) in [5.74, 6) is 0. The van der Waals surface area contributed by atoms with Crippen LogP contribution in [0.5, 0.6) is 0 Å². The highest BCUT2D eigenvalue weighted by Crippen LogP contribution is 2.49. The third-order valence-electron chi connectivity index (χ3n) is 4.38. The molecule has 0 aliphatic heterocycles. The topological polar surface area (TPSA) is 47.7 Å². The first-order valence-corrected chi connectivity index (χ1v) is 7.04. The third-order valence-corrected chi connectivity index (χ3v) is 4.38. The summed E-state index contributed by atoms with van der Waals surface area (Å²) in [5, 5.41) is 0. The van der Waals surface area contributed by atoms with Crippen LogP contribution >= 0.6 is 0 Å². The molecule has 2 unspecified atom stereocenters. The Morgan fingerprint density at radius 1 is 1.28 bits per heavy atom. The standard InChI is InChI=1S/C14H30N2O2/c1-6-17-9-8-16(5)11-14(15)10-12(18-7-2)13(14,3)4/h12H,6-11,15H2,1-5H3. The molecule has 0 spiro atoms. The number of nitrogens with two attached hydrogens (primary N) is 1. The molecule has 1 saturated carbocycles. The zero-order chi connectivity index (χ0) is 13.8. The molecule has 1 aliphatic carbocycles. The molecule has 18 heavy (non-hydrogen) atoms. The maximum absolute atomic E-state index is 6.54. The van der Waals surface area contributed by atoms with Crippen LogP contribution in [-0.4, -0.2) is 56.5 Å². The second kappa shape index (κ2) is 6.33. The van der Waals surface area contributed by atoms with Crippen molar-refractivity contribution < 1.29 is 9.47 Å². The molecular weight excluding hydrogens is 228 g/mol. The van der Waals surface area contributed by atoms with Gasteiger partial charge >= 0.3 is 0 Å². The highest BCUT2D eigenvalue weighted by molar-refractivity contribution is 5.14. The van der Waals surface area contributed by atoms with Crippen molar-refractivity contribution in [2.75, 3.05) is 40.0 Å². The molecule has 4 nitrogen and oxygen atoms in total. The average molecular weight is 258 g/mol. The van der Waals surface area contributed by atoms with E-state index in [0.717, 1.165) is 39.3 Å². The Bertz CT molecular complexity index is 258. The van der Waals surface area contributed by atoms with Crippen LogP contribution in [0, 0.1) is 5.41 Å². The molecule has 1 rings (SSSR count). The molecule has 0 aromatic carbocycles. The molecule has 2 atom stereocenters. The van der Waals surface area contributed by atoms with Crippen LogP contribution in [-0.2, 0) is 9.47 Å². The number of ether oxygens (including phenoxy) is 2. The summed E-state index contributed by atoms with van der Waals surface area (Å²) in [4.78, 5) is 2.26. The molecule has 2 N–H and O–H groups in total. The van der Waals surface area contributed by atoms with Gasteiger partial charge in [0, 0.05) is 37.3 Å². The highest BCUT2D eigenvalue weighted by atomic mass is 16.5. The van der Waals surface area contributed by atoms with Crippen molar-refractivity contribution in [3.63, 3.8) is 0 Å². The van der Waals surface area contributed by atoms with Crippen LogP contribution in [0.1, 0.15) is 34.1 Å². The van der Waals surface area contributed by atoms with Gasteiger partial charge in [-0.3, -0.25) is 0 Å². The van der Waals surface area contributed by atoms with Gasteiger partial charge in [0.2, 0.25) is 0 Å². The van der Waals surface area contributed by atoms with Gasteiger partial charge < -0.3 is 20.1 Å². The van der Waals surface area contributed by atoms with Crippen LogP contribution in [0.3, 0.4) is 0 Å². The maximum Gasteiger partial charge on any atom is 0.0662 e. The molecule has 0 bridgehead atoms. The Morgan fingerprint density at radius 3 is 2.44 bits per heavy atom. The second-order valence-corrected chi connectivity index (χ2v) is 5.96. The van der Waals surface area contributed by atoms with Gasteiger partial charge in [-0.1, -0.05) is 13.8 Å². The number of rotatable bonds is 8. The van der Waals surface area contributed by atoms with E-state index in [9.17, 15) is 0 Å². The number of hydrogen-bond acceptors (Lipinski definition) is 4. The predicted octanol–water partition coefficient (Wildman–Crippen LogP) is 1.49. The van der Waals surface area contributed by atoms with Crippen LogP contribution in [0.4, 0.5) is 0 Å². The van der Waals surface area contributed by atoms with Crippen molar-refractivity contribution in [3.8, 4) is 0 Å². The van der Waals surface area contributed by atoms with E-state index < -0.39 is 0 Å². The molecule has 0 aromatic rings. The minimum Gasteiger partial charge on any atom is -0.380 e. The van der Waals surface area contributed by atoms with E-state index in [4.69, 9.17) is 15.2 Å². The smallest absolute Gasteiger partial charge is 0.0662 e. The Morgan fingerprint density at radius 2 is 1.94 bits per heavy atom. The number of hydrogen-bond donors (Lipinski definition) is 1. The Balaban J connectivity index is 2.42. The Kier molecular flexibility index (Phi) is 5.59. The molecule has 1 aliphatic rings. The van der Waals surface area contributed by atoms with Crippen molar-refractivity contribution in [1.29, 1.82) is 0 Å². The van der Waals surface area contributed by atoms with Crippen LogP contribution in [0.25, 0.3) is 0 Å².